The summed E-state index contributed by atoms with van der Waals surface area (Å²) in [6, 6.07) is 6.76. The standard InChI is InChI=1S/C19H18ClNO2/c1-11-6-5-7-13(10-12(11)2)21-17-16(20)18(22)14-8-3-4-9-15(14)19(17)23/h3-5,7-12,21H,6H2,1-2H3. The first-order valence-corrected chi connectivity index (χ1v) is 8.10. The zero-order valence-electron chi connectivity index (χ0n) is 13.1. The van der Waals surface area contributed by atoms with Crippen molar-refractivity contribution < 1.29 is 9.59 Å². The molecule has 3 rings (SSSR count). The second kappa shape index (κ2) is 6.17. The van der Waals surface area contributed by atoms with Crippen molar-refractivity contribution in [3.05, 3.63) is 70.0 Å². The van der Waals surface area contributed by atoms with Gasteiger partial charge in [-0.25, -0.2) is 0 Å². The van der Waals surface area contributed by atoms with E-state index in [0.717, 1.165) is 12.1 Å². The number of allylic oxidation sites excluding steroid dienone is 5. The fourth-order valence-corrected chi connectivity index (χ4v) is 3.05. The highest BCUT2D eigenvalue weighted by Crippen LogP contribution is 2.29. The first kappa shape index (κ1) is 15.8. The average molecular weight is 328 g/mol. The van der Waals surface area contributed by atoms with Crippen molar-refractivity contribution in [3.63, 3.8) is 0 Å². The van der Waals surface area contributed by atoms with Crippen LogP contribution in [0.2, 0.25) is 0 Å². The van der Waals surface area contributed by atoms with Gasteiger partial charge >= 0.3 is 0 Å². The molecular formula is C19H18ClNO2. The summed E-state index contributed by atoms with van der Waals surface area (Å²) in [4.78, 5) is 25.0. The van der Waals surface area contributed by atoms with Gasteiger partial charge in [-0.15, -0.1) is 0 Å². The molecule has 23 heavy (non-hydrogen) atoms. The summed E-state index contributed by atoms with van der Waals surface area (Å²) in [5.41, 5.74) is 1.72. The lowest BCUT2D eigenvalue weighted by molar-refractivity contribution is 0.0976. The minimum absolute atomic E-state index is 0.0482. The van der Waals surface area contributed by atoms with Crippen LogP contribution in [0, 0.1) is 11.8 Å². The van der Waals surface area contributed by atoms with Gasteiger partial charge in [-0.3, -0.25) is 9.59 Å². The van der Waals surface area contributed by atoms with Gasteiger partial charge in [0.15, 0.2) is 0 Å². The van der Waals surface area contributed by atoms with Crippen LogP contribution in [0.25, 0.3) is 0 Å². The Hall–Kier alpha value is -2.13. The monoisotopic (exact) mass is 327 g/mol. The third-order valence-corrected chi connectivity index (χ3v) is 4.84. The van der Waals surface area contributed by atoms with E-state index in [1.165, 1.54) is 0 Å². The number of carbonyl (C=O) groups is 2. The molecule has 0 fully saturated rings. The van der Waals surface area contributed by atoms with Crippen molar-refractivity contribution >= 4 is 23.2 Å². The number of hydrogen-bond acceptors (Lipinski definition) is 3. The zero-order chi connectivity index (χ0) is 16.6. The molecule has 0 saturated heterocycles. The van der Waals surface area contributed by atoms with E-state index < -0.39 is 0 Å². The number of hydrogen-bond donors (Lipinski definition) is 1. The Balaban J connectivity index is 1.97. The summed E-state index contributed by atoms with van der Waals surface area (Å²) in [6.07, 6.45) is 7.06. The van der Waals surface area contributed by atoms with E-state index in [0.29, 0.717) is 23.0 Å². The Morgan fingerprint density at radius 3 is 2.43 bits per heavy atom. The largest absolute Gasteiger partial charge is 0.351 e. The Bertz CT molecular complexity index is 773. The van der Waals surface area contributed by atoms with Crippen LogP contribution in [0.15, 0.2) is 58.9 Å². The molecule has 1 aromatic rings. The summed E-state index contributed by atoms with van der Waals surface area (Å²) >= 11 is 6.18. The van der Waals surface area contributed by atoms with Crippen molar-refractivity contribution in [2.75, 3.05) is 0 Å². The van der Waals surface area contributed by atoms with Crippen LogP contribution < -0.4 is 5.32 Å². The number of benzene rings is 1. The summed E-state index contributed by atoms with van der Waals surface area (Å²) in [5.74, 6) is 0.335. The molecule has 0 spiro atoms. The molecule has 118 valence electrons. The number of nitrogens with one attached hydrogen (secondary N) is 1. The molecule has 1 aromatic carbocycles. The van der Waals surface area contributed by atoms with Crippen LogP contribution >= 0.6 is 11.6 Å². The Morgan fingerprint density at radius 2 is 1.74 bits per heavy atom. The lowest BCUT2D eigenvalue weighted by Crippen LogP contribution is -2.28. The zero-order valence-corrected chi connectivity index (χ0v) is 13.9. The quantitative estimate of drug-likeness (QED) is 0.884. The molecule has 0 aliphatic heterocycles. The van der Waals surface area contributed by atoms with Gasteiger partial charge in [0.05, 0.1) is 0 Å². The van der Waals surface area contributed by atoms with Gasteiger partial charge in [-0.1, -0.05) is 61.9 Å². The van der Waals surface area contributed by atoms with Gasteiger partial charge in [0.25, 0.3) is 0 Å². The number of fused-ring (bicyclic) bond motifs is 1. The number of halogens is 1. The molecule has 4 heteroatoms. The highest BCUT2D eigenvalue weighted by Gasteiger charge is 2.31. The summed E-state index contributed by atoms with van der Waals surface area (Å²) in [7, 11) is 0. The van der Waals surface area contributed by atoms with Gasteiger partial charge in [0.1, 0.15) is 10.7 Å². The molecule has 0 bridgehead atoms. The number of ketones is 2. The molecule has 1 N–H and O–H groups in total. The average Bonchev–Trinajstić information content (AvgIpc) is 2.71. The van der Waals surface area contributed by atoms with Crippen molar-refractivity contribution in [3.8, 4) is 0 Å². The molecule has 0 amide bonds. The van der Waals surface area contributed by atoms with Gasteiger partial charge in [0, 0.05) is 16.8 Å². The molecular weight excluding hydrogens is 310 g/mol. The molecule has 3 nitrogen and oxygen atoms in total. The number of carbonyl (C=O) groups excluding carboxylic acids is 2. The predicted octanol–water partition coefficient (Wildman–Crippen LogP) is 4.22. The lowest BCUT2D eigenvalue weighted by Gasteiger charge is -2.20. The number of rotatable bonds is 2. The fourth-order valence-electron chi connectivity index (χ4n) is 2.81. The molecule has 0 heterocycles. The third kappa shape index (κ3) is 2.89. The first-order chi connectivity index (χ1) is 11.0. The minimum Gasteiger partial charge on any atom is -0.351 e. The van der Waals surface area contributed by atoms with Gasteiger partial charge in [-0.05, 0) is 24.3 Å². The van der Waals surface area contributed by atoms with Crippen molar-refractivity contribution in [1.82, 2.24) is 5.32 Å². The molecule has 0 radical (unpaired) electrons. The van der Waals surface area contributed by atoms with Crippen molar-refractivity contribution in [2.45, 2.75) is 20.3 Å². The highest BCUT2D eigenvalue weighted by molar-refractivity contribution is 6.49. The SMILES string of the molecule is CC1C=C(NC2=C(Cl)C(=O)c3ccccc3C2=O)C=CCC1C. The van der Waals surface area contributed by atoms with Crippen LogP contribution in [0.1, 0.15) is 41.0 Å². The van der Waals surface area contributed by atoms with Crippen molar-refractivity contribution in [2.24, 2.45) is 11.8 Å². The van der Waals surface area contributed by atoms with E-state index in [-0.39, 0.29) is 22.3 Å². The van der Waals surface area contributed by atoms with Gasteiger partial charge in [-0.2, -0.15) is 0 Å². The van der Waals surface area contributed by atoms with Crippen LogP contribution in [0.5, 0.6) is 0 Å². The summed E-state index contributed by atoms with van der Waals surface area (Å²) in [6.45, 7) is 4.32. The normalized spacial score (nSPS) is 24.2. The van der Waals surface area contributed by atoms with Crippen LogP contribution in [0.4, 0.5) is 0 Å². The van der Waals surface area contributed by atoms with E-state index in [1.807, 2.05) is 6.08 Å². The maximum atomic E-state index is 12.7. The maximum Gasteiger partial charge on any atom is 0.211 e. The third-order valence-electron chi connectivity index (χ3n) is 4.48. The topological polar surface area (TPSA) is 46.2 Å². The number of Topliss-reactive ketones (excluding diaryl/α,β-unsaturated/α-hetero) is 2. The van der Waals surface area contributed by atoms with Crippen LogP contribution in [-0.2, 0) is 0 Å². The summed E-state index contributed by atoms with van der Waals surface area (Å²) < 4.78 is 0. The van der Waals surface area contributed by atoms with E-state index >= 15 is 0 Å². The molecule has 2 atom stereocenters. The van der Waals surface area contributed by atoms with Gasteiger partial charge in [0.2, 0.25) is 11.6 Å². The Labute approximate surface area is 140 Å². The molecule has 2 aliphatic carbocycles. The molecule has 0 saturated carbocycles. The second-order valence-electron chi connectivity index (χ2n) is 6.11. The lowest BCUT2D eigenvalue weighted by atomic mass is 9.92. The summed E-state index contributed by atoms with van der Waals surface area (Å²) in [5, 5.41) is 3.02. The molecule has 2 unspecified atom stereocenters. The van der Waals surface area contributed by atoms with Crippen LogP contribution in [0.3, 0.4) is 0 Å². The van der Waals surface area contributed by atoms with E-state index in [1.54, 1.807) is 24.3 Å². The van der Waals surface area contributed by atoms with Crippen LogP contribution in [-0.4, -0.2) is 11.6 Å². The predicted molar refractivity (Wildman–Crippen MR) is 91.3 cm³/mol. The Kier molecular flexibility index (Phi) is 4.22. The highest BCUT2D eigenvalue weighted by atomic mass is 35.5. The van der Waals surface area contributed by atoms with Crippen molar-refractivity contribution in [1.29, 1.82) is 0 Å². The molecule has 0 aromatic heterocycles. The first-order valence-electron chi connectivity index (χ1n) is 7.72. The van der Waals surface area contributed by atoms with Gasteiger partial charge < -0.3 is 5.32 Å². The van der Waals surface area contributed by atoms with E-state index in [4.69, 9.17) is 11.6 Å². The Morgan fingerprint density at radius 1 is 1.09 bits per heavy atom. The van der Waals surface area contributed by atoms with E-state index in [9.17, 15) is 9.59 Å². The fraction of sp³-hybridized carbons (Fsp3) is 0.263. The maximum absolute atomic E-state index is 12.7. The minimum atomic E-state index is -0.316. The smallest absolute Gasteiger partial charge is 0.211 e. The molecule has 2 aliphatic rings. The van der Waals surface area contributed by atoms with E-state index in [2.05, 4.69) is 31.3 Å². The second-order valence-corrected chi connectivity index (χ2v) is 6.49.